The predicted octanol–water partition coefficient (Wildman–Crippen LogP) is 5.85. The summed E-state index contributed by atoms with van der Waals surface area (Å²) in [4.78, 5) is 2.75. The maximum Gasteiger partial charge on any atom is 0.0257 e. The summed E-state index contributed by atoms with van der Waals surface area (Å²) < 4.78 is 0. The van der Waals surface area contributed by atoms with Crippen LogP contribution in [0.15, 0.2) is 5.11 Å². The first kappa shape index (κ1) is 16.3. The molecule has 0 aliphatic carbocycles. The van der Waals surface area contributed by atoms with E-state index in [4.69, 9.17) is 5.53 Å². The third-order valence-electron chi connectivity index (χ3n) is 3.00. The van der Waals surface area contributed by atoms with Gasteiger partial charge in [-0.3, -0.25) is 0 Å². The fourth-order valence-electron chi connectivity index (χ4n) is 1.94. The van der Waals surface area contributed by atoms with E-state index < -0.39 is 0 Å². The normalized spacial score (nSPS) is 11.2. The van der Waals surface area contributed by atoms with E-state index in [0.29, 0.717) is 12.0 Å². The Kier molecular flexibility index (Phi) is 10.0. The Morgan fingerprint density at radius 2 is 1.29 bits per heavy atom. The number of unbranched alkanes of at least 4 members (excludes halogenated alkanes) is 7. The molecule has 0 rings (SSSR count). The number of nitrogens with zero attached hydrogens (tertiary/aromatic N) is 3. The molecule has 0 aliphatic rings. The van der Waals surface area contributed by atoms with Crippen LogP contribution in [-0.4, -0.2) is 6.54 Å². The topological polar surface area (TPSA) is 48.8 Å². The van der Waals surface area contributed by atoms with Crippen molar-refractivity contribution < 1.29 is 0 Å². The highest BCUT2D eigenvalue weighted by molar-refractivity contribution is 4.61. The van der Waals surface area contributed by atoms with Gasteiger partial charge in [-0.2, -0.15) is 0 Å². The van der Waals surface area contributed by atoms with Gasteiger partial charge in [0.2, 0.25) is 0 Å². The van der Waals surface area contributed by atoms with Crippen molar-refractivity contribution in [3.63, 3.8) is 0 Å². The molecule has 17 heavy (non-hydrogen) atoms. The molecule has 3 nitrogen and oxygen atoms in total. The Balaban J connectivity index is 3.06. The maximum absolute atomic E-state index is 8.10. The molecule has 3 heteroatoms. The largest absolute Gasteiger partial charge is 0.0940 e. The van der Waals surface area contributed by atoms with E-state index in [-0.39, 0.29) is 0 Å². The van der Waals surface area contributed by atoms with Crippen LogP contribution in [-0.2, 0) is 0 Å². The fraction of sp³-hybridized carbons (Fsp3) is 1.00. The second-order valence-corrected chi connectivity index (χ2v) is 6.09. The van der Waals surface area contributed by atoms with Crippen molar-refractivity contribution in [3.8, 4) is 0 Å². The first-order valence-corrected chi connectivity index (χ1v) is 7.07. The van der Waals surface area contributed by atoms with Gasteiger partial charge in [0, 0.05) is 11.5 Å². The predicted molar refractivity (Wildman–Crippen MR) is 75.0 cm³/mol. The van der Waals surface area contributed by atoms with Crippen LogP contribution in [0, 0.1) is 5.41 Å². The van der Waals surface area contributed by atoms with Crippen molar-refractivity contribution >= 4 is 0 Å². The summed E-state index contributed by atoms with van der Waals surface area (Å²) in [6, 6.07) is 0. The van der Waals surface area contributed by atoms with Gasteiger partial charge in [0.05, 0.1) is 0 Å². The standard InChI is InChI=1S/C14H29N3/c1-14(2,3)12-10-8-6-4-5-7-9-11-13-16-17-15/h4-13H2,1-3H3. The van der Waals surface area contributed by atoms with Crippen molar-refractivity contribution in [2.75, 3.05) is 6.54 Å². The Morgan fingerprint density at radius 3 is 1.76 bits per heavy atom. The Labute approximate surface area is 107 Å². The van der Waals surface area contributed by atoms with Crippen molar-refractivity contribution in [1.82, 2.24) is 0 Å². The van der Waals surface area contributed by atoms with Crippen LogP contribution in [0.25, 0.3) is 10.4 Å². The number of hydrogen-bond acceptors (Lipinski definition) is 1. The zero-order chi connectivity index (χ0) is 13.0. The minimum absolute atomic E-state index is 0.501. The summed E-state index contributed by atoms with van der Waals surface area (Å²) in [6.07, 6.45) is 11.7. The summed E-state index contributed by atoms with van der Waals surface area (Å²) in [5, 5.41) is 3.53. The highest BCUT2D eigenvalue weighted by Gasteiger charge is 2.08. The summed E-state index contributed by atoms with van der Waals surface area (Å²) in [6.45, 7) is 7.62. The lowest BCUT2D eigenvalue weighted by molar-refractivity contribution is 0.356. The molecule has 0 N–H and O–H groups in total. The van der Waals surface area contributed by atoms with Gasteiger partial charge in [-0.1, -0.05) is 70.8 Å². The lowest BCUT2D eigenvalue weighted by Crippen LogP contribution is -2.03. The average Bonchev–Trinajstić information content (AvgIpc) is 2.24. The molecule has 0 aromatic carbocycles. The summed E-state index contributed by atoms with van der Waals surface area (Å²) >= 11 is 0. The van der Waals surface area contributed by atoms with E-state index >= 15 is 0 Å². The monoisotopic (exact) mass is 239 g/mol. The van der Waals surface area contributed by atoms with Crippen LogP contribution in [0.2, 0.25) is 0 Å². The van der Waals surface area contributed by atoms with Crippen molar-refractivity contribution in [2.24, 2.45) is 10.5 Å². The number of hydrogen-bond donors (Lipinski definition) is 0. The van der Waals surface area contributed by atoms with Crippen LogP contribution >= 0.6 is 0 Å². The first-order chi connectivity index (χ1) is 8.06. The van der Waals surface area contributed by atoms with Gasteiger partial charge in [-0.05, 0) is 23.8 Å². The van der Waals surface area contributed by atoms with Crippen LogP contribution in [0.5, 0.6) is 0 Å². The van der Waals surface area contributed by atoms with Crippen LogP contribution in [0.1, 0.15) is 78.6 Å². The third kappa shape index (κ3) is 15.3. The number of rotatable bonds is 10. The maximum atomic E-state index is 8.10. The molecule has 0 radical (unpaired) electrons. The molecule has 0 unspecified atom stereocenters. The van der Waals surface area contributed by atoms with E-state index in [1.165, 1.54) is 51.4 Å². The van der Waals surface area contributed by atoms with E-state index in [1.54, 1.807) is 0 Å². The molecule has 0 saturated carbocycles. The highest BCUT2D eigenvalue weighted by Crippen LogP contribution is 2.22. The van der Waals surface area contributed by atoms with E-state index in [2.05, 4.69) is 30.8 Å². The van der Waals surface area contributed by atoms with Gasteiger partial charge >= 0.3 is 0 Å². The van der Waals surface area contributed by atoms with E-state index in [1.807, 2.05) is 0 Å². The summed E-state index contributed by atoms with van der Waals surface area (Å²) in [5.41, 5.74) is 8.61. The zero-order valence-electron chi connectivity index (χ0n) is 11.9. The molecule has 0 heterocycles. The van der Waals surface area contributed by atoms with Gasteiger partial charge in [0.25, 0.3) is 0 Å². The molecular formula is C14H29N3. The van der Waals surface area contributed by atoms with Crippen LogP contribution < -0.4 is 0 Å². The van der Waals surface area contributed by atoms with Gasteiger partial charge in [-0.15, -0.1) is 0 Å². The molecule has 0 bridgehead atoms. The molecule has 0 spiro atoms. The van der Waals surface area contributed by atoms with Gasteiger partial charge in [-0.25, -0.2) is 0 Å². The molecule has 0 aromatic rings. The molecule has 0 fully saturated rings. The second-order valence-electron chi connectivity index (χ2n) is 6.09. The van der Waals surface area contributed by atoms with E-state index in [9.17, 15) is 0 Å². The second kappa shape index (κ2) is 10.5. The zero-order valence-corrected chi connectivity index (χ0v) is 11.9. The van der Waals surface area contributed by atoms with Crippen LogP contribution in [0.4, 0.5) is 0 Å². The Bertz CT molecular complexity index is 212. The van der Waals surface area contributed by atoms with Crippen molar-refractivity contribution in [3.05, 3.63) is 10.4 Å². The van der Waals surface area contributed by atoms with Gasteiger partial charge < -0.3 is 0 Å². The molecule has 0 aromatic heterocycles. The minimum atomic E-state index is 0.501. The van der Waals surface area contributed by atoms with Crippen LogP contribution in [0.3, 0.4) is 0 Å². The SMILES string of the molecule is CC(C)(C)CCCCCCCCCCN=[N+]=[N-]. The third-order valence-corrected chi connectivity index (χ3v) is 3.00. The van der Waals surface area contributed by atoms with Crippen molar-refractivity contribution in [1.29, 1.82) is 0 Å². The minimum Gasteiger partial charge on any atom is -0.0940 e. The quantitative estimate of drug-likeness (QED) is 0.198. The Morgan fingerprint density at radius 1 is 0.824 bits per heavy atom. The van der Waals surface area contributed by atoms with E-state index in [0.717, 1.165) is 6.42 Å². The molecule has 0 aliphatic heterocycles. The Hall–Kier alpha value is -0.690. The molecular weight excluding hydrogens is 210 g/mol. The highest BCUT2D eigenvalue weighted by atomic mass is 15.1. The summed E-state index contributed by atoms with van der Waals surface area (Å²) in [7, 11) is 0. The van der Waals surface area contributed by atoms with Gasteiger partial charge in [0.15, 0.2) is 0 Å². The lowest BCUT2D eigenvalue weighted by atomic mass is 9.89. The van der Waals surface area contributed by atoms with Gasteiger partial charge in [0.1, 0.15) is 0 Å². The molecule has 0 atom stereocenters. The van der Waals surface area contributed by atoms with Crippen molar-refractivity contribution in [2.45, 2.75) is 78.6 Å². The smallest absolute Gasteiger partial charge is 0.0257 e. The molecule has 0 amide bonds. The number of azide groups is 1. The fourth-order valence-corrected chi connectivity index (χ4v) is 1.94. The lowest BCUT2D eigenvalue weighted by Gasteiger charge is -2.17. The molecule has 0 saturated heterocycles. The molecule has 100 valence electrons. The average molecular weight is 239 g/mol. The summed E-state index contributed by atoms with van der Waals surface area (Å²) in [5.74, 6) is 0. The first-order valence-electron chi connectivity index (χ1n) is 7.07.